The summed E-state index contributed by atoms with van der Waals surface area (Å²) in [6.45, 7) is 3.69. The van der Waals surface area contributed by atoms with Crippen molar-refractivity contribution in [3.05, 3.63) is 0 Å². The largest absolute Gasteiger partial charge is 0.397 e. The Morgan fingerprint density at radius 3 is 1.90 bits per heavy atom. The van der Waals surface area contributed by atoms with E-state index in [9.17, 15) is 0 Å². The van der Waals surface area contributed by atoms with Crippen LogP contribution in [0.25, 0.3) is 0 Å². The predicted molar refractivity (Wildman–Crippen MR) is 40.7 cm³/mol. The SMILES string of the molecule is CO[Si](C)(OC)C(C)C#N. The van der Waals surface area contributed by atoms with Crippen LogP contribution in [0.1, 0.15) is 6.92 Å². The molecule has 10 heavy (non-hydrogen) atoms. The van der Waals surface area contributed by atoms with Gasteiger partial charge in [-0.25, -0.2) is 0 Å². The average Bonchev–Trinajstić information content (AvgIpc) is 2.01. The summed E-state index contributed by atoms with van der Waals surface area (Å²) in [4.78, 5) is 0. The van der Waals surface area contributed by atoms with E-state index in [4.69, 9.17) is 14.1 Å². The minimum Gasteiger partial charge on any atom is -0.397 e. The van der Waals surface area contributed by atoms with Crippen molar-refractivity contribution in [2.24, 2.45) is 0 Å². The van der Waals surface area contributed by atoms with Crippen molar-refractivity contribution >= 4 is 8.56 Å². The van der Waals surface area contributed by atoms with Crippen LogP contribution in [-0.4, -0.2) is 22.8 Å². The molecule has 0 saturated heterocycles. The molecule has 0 spiro atoms. The van der Waals surface area contributed by atoms with Gasteiger partial charge in [-0.05, 0) is 13.5 Å². The molecule has 0 aliphatic heterocycles. The lowest BCUT2D eigenvalue weighted by atomic mass is 10.5. The van der Waals surface area contributed by atoms with Gasteiger partial charge in [0.05, 0.1) is 11.6 Å². The van der Waals surface area contributed by atoms with E-state index < -0.39 is 8.56 Å². The fourth-order valence-electron chi connectivity index (χ4n) is 0.554. The van der Waals surface area contributed by atoms with E-state index in [1.165, 1.54) is 0 Å². The van der Waals surface area contributed by atoms with Crippen molar-refractivity contribution in [3.8, 4) is 6.07 Å². The summed E-state index contributed by atoms with van der Waals surface area (Å²) in [7, 11) is 1.01. The molecule has 0 rings (SSSR count). The van der Waals surface area contributed by atoms with Crippen LogP contribution in [0.15, 0.2) is 0 Å². The molecule has 0 aromatic rings. The van der Waals surface area contributed by atoms with Crippen LogP contribution < -0.4 is 0 Å². The van der Waals surface area contributed by atoms with Gasteiger partial charge in [-0.3, -0.25) is 0 Å². The van der Waals surface area contributed by atoms with Crippen molar-refractivity contribution in [1.82, 2.24) is 0 Å². The molecular formula is C6H13NO2Si. The highest BCUT2D eigenvalue weighted by Gasteiger charge is 2.36. The Morgan fingerprint density at radius 1 is 1.40 bits per heavy atom. The van der Waals surface area contributed by atoms with E-state index >= 15 is 0 Å². The molecule has 0 amide bonds. The van der Waals surface area contributed by atoms with Crippen LogP contribution in [0.3, 0.4) is 0 Å². The molecule has 58 valence electrons. The van der Waals surface area contributed by atoms with Crippen molar-refractivity contribution in [2.45, 2.75) is 19.0 Å². The van der Waals surface area contributed by atoms with Crippen molar-refractivity contribution in [1.29, 1.82) is 5.26 Å². The second-order valence-corrected chi connectivity index (χ2v) is 5.99. The fourth-order valence-corrected chi connectivity index (χ4v) is 1.66. The van der Waals surface area contributed by atoms with Crippen LogP contribution in [0.4, 0.5) is 0 Å². The zero-order valence-corrected chi connectivity index (χ0v) is 7.84. The normalized spacial score (nSPS) is 14.3. The van der Waals surface area contributed by atoms with Gasteiger partial charge in [0.25, 0.3) is 0 Å². The van der Waals surface area contributed by atoms with Gasteiger partial charge in [-0.2, -0.15) is 5.26 Å². The van der Waals surface area contributed by atoms with Gasteiger partial charge < -0.3 is 8.85 Å². The molecule has 4 heteroatoms. The number of rotatable bonds is 3. The van der Waals surface area contributed by atoms with Crippen LogP contribution in [0.2, 0.25) is 12.1 Å². The van der Waals surface area contributed by atoms with Gasteiger partial charge in [0, 0.05) is 14.2 Å². The molecule has 0 saturated carbocycles. The number of hydrogen-bond donors (Lipinski definition) is 0. The molecule has 0 bridgehead atoms. The monoisotopic (exact) mass is 159 g/mol. The van der Waals surface area contributed by atoms with Crippen LogP contribution >= 0.6 is 0 Å². The Kier molecular flexibility index (Phi) is 3.57. The quantitative estimate of drug-likeness (QED) is 0.582. The third-order valence-corrected chi connectivity index (χ3v) is 5.11. The molecule has 0 heterocycles. The maximum atomic E-state index is 8.56. The van der Waals surface area contributed by atoms with Crippen LogP contribution in [0.5, 0.6) is 0 Å². The Labute approximate surface area is 62.8 Å². The average molecular weight is 159 g/mol. The third-order valence-electron chi connectivity index (χ3n) is 1.79. The lowest BCUT2D eigenvalue weighted by Crippen LogP contribution is -2.39. The lowest BCUT2D eigenvalue weighted by Gasteiger charge is -2.24. The number of nitriles is 1. The highest BCUT2D eigenvalue weighted by molar-refractivity contribution is 6.68. The molecule has 0 fully saturated rings. The summed E-state index contributed by atoms with van der Waals surface area (Å²) in [6, 6.07) is 2.12. The van der Waals surface area contributed by atoms with Crippen molar-refractivity contribution < 1.29 is 8.85 Å². The highest BCUT2D eigenvalue weighted by Crippen LogP contribution is 2.20. The molecule has 3 nitrogen and oxygen atoms in total. The first-order valence-electron chi connectivity index (χ1n) is 3.10. The minimum atomic E-state index is -2.16. The fraction of sp³-hybridized carbons (Fsp3) is 0.833. The predicted octanol–water partition coefficient (Wildman–Crippen LogP) is 1.26. The summed E-state index contributed by atoms with van der Waals surface area (Å²) in [6.07, 6.45) is 0. The molecule has 0 aromatic heterocycles. The molecule has 0 radical (unpaired) electrons. The summed E-state index contributed by atoms with van der Waals surface area (Å²) in [5, 5.41) is 8.56. The van der Waals surface area contributed by atoms with Gasteiger partial charge in [0.1, 0.15) is 0 Å². The maximum absolute atomic E-state index is 8.56. The maximum Gasteiger partial charge on any atom is 0.351 e. The Morgan fingerprint density at radius 2 is 1.80 bits per heavy atom. The second-order valence-electron chi connectivity index (χ2n) is 2.27. The minimum absolute atomic E-state index is 0.123. The van der Waals surface area contributed by atoms with Crippen molar-refractivity contribution in [3.63, 3.8) is 0 Å². The molecule has 1 atom stereocenters. The third kappa shape index (κ3) is 1.80. The van der Waals surface area contributed by atoms with E-state index in [-0.39, 0.29) is 5.54 Å². The Balaban J connectivity index is 4.20. The van der Waals surface area contributed by atoms with E-state index in [1.807, 2.05) is 13.5 Å². The molecule has 0 aliphatic rings. The highest BCUT2D eigenvalue weighted by atomic mass is 28.4. The first-order valence-corrected chi connectivity index (χ1v) is 5.50. The zero-order chi connectivity index (χ0) is 8.20. The molecule has 1 unspecified atom stereocenters. The number of hydrogen-bond acceptors (Lipinski definition) is 3. The van der Waals surface area contributed by atoms with Crippen molar-refractivity contribution in [2.75, 3.05) is 14.2 Å². The summed E-state index contributed by atoms with van der Waals surface area (Å²) < 4.78 is 10.3. The van der Waals surface area contributed by atoms with Gasteiger partial charge in [0.2, 0.25) is 0 Å². The van der Waals surface area contributed by atoms with Crippen LogP contribution in [-0.2, 0) is 8.85 Å². The van der Waals surface area contributed by atoms with Gasteiger partial charge in [-0.15, -0.1) is 0 Å². The molecular weight excluding hydrogens is 146 g/mol. The second kappa shape index (κ2) is 3.71. The molecule has 0 aliphatic carbocycles. The number of nitrogens with zero attached hydrogens (tertiary/aromatic N) is 1. The summed E-state index contributed by atoms with van der Waals surface area (Å²) in [5.41, 5.74) is -0.123. The van der Waals surface area contributed by atoms with Gasteiger partial charge in [-0.1, -0.05) is 0 Å². The molecule has 0 aromatic carbocycles. The summed E-state index contributed by atoms with van der Waals surface area (Å²) in [5.74, 6) is 0. The Hall–Kier alpha value is -0.373. The molecule has 0 N–H and O–H groups in total. The van der Waals surface area contributed by atoms with E-state index in [2.05, 4.69) is 6.07 Å². The smallest absolute Gasteiger partial charge is 0.351 e. The first kappa shape index (κ1) is 9.63. The summed E-state index contributed by atoms with van der Waals surface area (Å²) >= 11 is 0. The van der Waals surface area contributed by atoms with E-state index in [0.29, 0.717) is 0 Å². The van der Waals surface area contributed by atoms with Gasteiger partial charge in [0.15, 0.2) is 0 Å². The first-order chi connectivity index (χ1) is 4.60. The lowest BCUT2D eigenvalue weighted by molar-refractivity contribution is 0.245. The topological polar surface area (TPSA) is 42.2 Å². The van der Waals surface area contributed by atoms with E-state index in [0.717, 1.165) is 0 Å². The Bertz CT molecular complexity index is 139. The zero-order valence-electron chi connectivity index (χ0n) is 6.84. The van der Waals surface area contributed by atoms with E-state index in [1.54, 1.807) is 14.2 Å². The standard InChI is InChI=1S/C6H13NO2Si/c1-6(5-7)10(4,8-2)9-3/h6H,1-4H3. The van der Waals surface area contributed by atoms with Crippen LogP contribution in [0, 0.1) is 11.3 Å². The van der Waals surface area contributed by atoms with Gasteiger partial charge >= 0.3 is 8.56 Å².